The third kappa shape index (κ3) is 8.01. The molecule has 8 nitrogen and oxygen atoms in total. The zero-order valence-corrected chi connectivity index (χ0v) is 17.6. The number of carbonyl (C=O) groups excluding carboxylic acids is 3. The van der Waals surface area contributed by atoms with Gasteiger partial charge in [-0.25, -0.2) is 4.79 Å². The van der Waals surface area contributed by atoms with Gasteiger partial charge in [0.15, 0.2) is 0 Å². The number of alkyl carbamates (subject to hydrolysis) is 1. The maximum absolute atomic E-state index is 12.5. The molecule has 2 rings (SSSR count). The van der Waals surface area contributed by atoms with Crippen molar-refractivity contribution in [3.8, 4) is 5.75 Å². The Bertz CT molecular complexity index is 704. The maximum Gasteiger partial charge on any atom is 0.408 e. The van der Waals surface area contributed by atoms with Crippen molar-refractivity contribution in [2.75, 3.05) is 26.7 Å². The van der Waals surface area contributed by atoms with E-state index in [1.165, 1.54) is 0 Å². The SMILES string of the molecule is COc1ccc(CC(=O)N2CCC(NC(=O)CNC(=O)OC(C)(C)C)CC2)cc1. The number of ether oxygens (including phenoxy) is 2. The Kier molecular flexibility index (Phi) is 7.87. The van der Waals surface area contributed by atoms with Crippen molar-refractivity contribution < 1.29 is 23.9 Å². The summed E-state index contributed by atoms with van der Waals surface area (Å²) >= 11 is 0. The van der Waals surface area contributed by atoms with Crippen molar-refractivity contribution in [2.45, 2.75) is 51.7 Å². The van der Waals surface area contributed by atoms with Crippen molar-refractivity contribution in [2.24, 2.45) is 0 Å². The number of hydrogen-bond donors (Lipinski definition) is 2. The topological polar surface area (TPSA) is 97.0 Å². The summed E-state index contributed by atoms with van der Waals surface area (Å²) in [6, 6.07) is 7.46. The Hall–Kier alpha value is -2.77. The van der Waals surface area contributed by atoms with Crippen LogP contribution in [0.5, 0.6) is 5.75 Å². The summed E-state index contributed by atoms with van der Waals surface area (Å²) < 4.78 is 10.2. The second kappa shape index (κ2) is 10.1. The van der Waals surface area contributed by atoms with E-state index in [-0.39, 0.29) is 24.4 Å². The van der Waals surface area contributed by atoms with Gasteiger partial charge >= 0.3 is 6.09 Å². The molecule has 0 atom stereocenters. The molecule has 0 bridgehead atoms. The standard InChI is InChI=1S/C21H31N3O5/c1-21(2,3)29-20(27)22-14-18(25)23-16-9-11-24(12-10-16)19(26)13-15-5-7-17(28-4)8-6-15/h5-8,16H,9-14H2,1-4H3,(H,22,27)(H,23,25). The first-order valence-electron chi connectivity index (χ1n) is 9.83. The molecule has 2 N–H and O–H groups in total. The number of likely N-dealkylation sites (tertiary alicyclic amines) is 1. The van der Waals surface area contributed by atoms with Gasteiger partial charge in [0, 0.05) is 19.1 Å². The van der Waals surface area contributed by atoms with Crippen molar-refractivity contribution in [1.82, 2.24) is 15.5 Å². The zero-order chi connectivity index (χ0) is 21.4. The van der Waals surface area contributed by atoms with Crippen LogP contribution in [0, 0.1) is 0 Å². The van der Waals surface area contributed by atoms with Gasteiger partial charge in [-0.2, -0.15) is 0 Å². The van der Waals surface area contributed by atoms with Gasteiger partial charge in [-0.05, 0) is 51.3 Å². The summed E-state index contributed by atoms with van der Waals surface area (Å²) in [5.74, 6) is 0.573. The summed E-state index contributed by atoms with van der Waals surface area (Å²) in [6.07, 6.45) is 1.10. The van der Waals surface area contributed by atoms with Gasteiger partial charge in [-0.3, -0.25) is 9.59 Å². The number of nitrogens with zero attached hydrogens (tertiary/aromatic N) is 1. The van der Waals surface area contributed by atoms with Crippen molar-refractivity contribution in [3.63, 3.8) is 0 Å². The first kappa shape index (κ1) is 22.5. The summed E-state index contributed by atoms with van der Waals surface area (Å²) in [6.45, 7) is 6.34. The number of benzene rings is 1. The number of methoxy groups -OCH3 is 1. The van der Waals surface area contributed by atoms with E-state index >= 15 is 0 Å². The van der Waals surface area contributed by atoms with Crippen LogP contribution in [0.4, 0.5) is 4.79 Å². The average Bonchev–Trinajstić information content (AvgIpc) is 2.66. The predicted molar refractivity (Wildman–Crippen MR) is 109 cm³/mol. The summed E-state index contributed by atoms with van der Waals surface area (Å²) in [4.78, 5) is 37.9. The molecular weight excluding hydrogens is 374 g/mol. The molecule has 1 fully saturated rings. The quantitative estimate of drug-likeness (QED) is 0.753. The molecule has 0 saturated carbocycles. The van der Waals surface area contributed by atoms with E-state index in [0.29, 0.717) is 32.4 Å². The molecule has 160 valence electrons. The first-order chi connectivity index (χ1) is 13.7. The fourth-order valence-electron chi connectivity index (χ4n) is 3.05. The number of carbonyl (C=O) groups is 3. The van der Waals surface area contributed by atoms with E-state index in [9.17, 15) is 14.4 Å². The van der Waals surface area contributed by atoms with Crippen LogP contribution in [0.3, 0.4) is 0 Å². The molecule has 0 aromatic heterocycles. The normalized spacial score (nSPS) is 14.8. The van der Waals surface area contributed by atoms with Gasteiger partial charge in [-0.1, -0.05) is 12.1 Å². The molecule has 1 aromatic carbocycles. The highest BCUT2D eigenvalue weighted by Gasteiger charge is 2.24. The van der Waals surface area contributed by atoms with Crippen LogP contribution in [0.25, 0.3) is 0 Å². The Morgan fingerprint density at radius 1 is 1.10 bits per heavy atom. The number of piperidine rings is 1. The third-order valence-corrected chi connectivity index (χ3v) is 4.52. The monoisotopic (exact) mass is 405 g/mol. The lowest BCUT2D eigenvalue weighted by Crippen LogP contribution is -2.49. The van der Waals surface area contributed by atoms with Crippen molar-refractivity contribution in [3.05, 3.63) is 29.8 Å². The van der Waals surface area contributed by atoms with E-state index in [0.717, 1.165) is 11.3 Å². The Balaban J connectivity index is 1.69. The molecule has 0 aliphatic carbocycles. The van der Waals surface area contributed by atoms with Crippen molar-refractivity contribution >= 4 is 17.9 Å². The molecule has 1 saturated heterocycles. The Morgan fingerprint density at radius 3 is 2.28 bits per heavy atom. The van der Waals surface area contributed by atoms with E-state index in [2.05, 4.69) is 10.6 Å². The van der Waals surface area contributed by atoms with Gasteiger partial charge in [-0.15, -0.1) is 0 Å². The fraction of sp³-hybridized carbons (Fsp3) is 0.571. The lowest BCUT2D eigenvalue weighted by molar-refractivity contribution is -0.131. The van der Waals surface area contributed by atoms with E-state index < -0.39 is 11.7 Å². The minimum atomic E-state index is -0.619. The molecule has 3 amide bonds. The second-order valence-electron chi connectivity index (χ2n) is 8.10. The number of rotatable bonds is 6. The Labute approximate surface area is 171 Å². The van der Waals surface area contributed by atoms with Crippen LogP contribution in [-0.2, 0) is 20.7 Å². The largest absolute Gasteiger partial charge is 0.497 e. The highest BCUT2D eigenvalue weighted by molar-refractivity contribution is 5.82. The number of nitrogens with one attached hydrogen (secondary N) is 2. The highest BCUT2D eigenvalue weighted by atomic mass is 16.6. The lowest BCUT2D eigenvalue weighted by atomic mass is 10.0. The van der Waals surface area contributed by atoms with Crippen LogP contribution in [-0.4, -0.2) is 61.2 Å². The minimum absolute atomic E-state index is 0.00651. The van der Waals surface area contributed by atoms with Gasteiger partial charge < -0.3 is 25.0 Å². The molecule has 0 radical (unpaired) electrons. The van der Waals surface area contributed by atoms with Gasteiger partial charge in [0.05, 0.1) is 13.5 Å². The van der Waals surface area contributed by atoms with Gasteiger partial charge in [0.2, 0.25) is 11.8 Å². The highest BCUT2D eigenvalue weighted by Crippen LogP contribution is 2.15. The molecule has 0 unspecified atom stereocenters. The number of hydrogen-bond acceptors (Lipinski definition) is 5. The lowest BCUT2D eigenvalue weighted by Gasteiger charge is -2.32. The summed E-state index contributed by atoms with van der Waals surface area (Å²) in [5.41, 5.74) is 0.339. The van der Waals surface area contributed by atoms with E-state index in [1.54, 1.807) is 27.9 Å². The second-order valence-corrected chi connectivity index (χ2v) is 8.10. The molecule has 1 heterocycles. The Morgan fingerprint density at radius 2 is 1.72 bits per heavy atom. The minimum Gasteiger partial charge on any atom is -0.497 e. The first-order valence-corrected chi connectivity index (χ1v) is 9.83. The van der Waals surface area contributed by atoms with Crippen LogP contribution >= 0.6 is 0 Å². The molecule has 1 aliphatic rings. The maximum atomic E-state index is 12.5. The summed E-state index contributed by atoms with van der Waals surface area (Å²) in [7, 11) is 1.61. The zero-order valence-electron chi connectivity index (χ0n) is 17.6. The molecule has 8 heteroatoms. The third-order valence-electron chi connectivity index (χ3n) is 4.52. The van der Waals surface area contributed by atoms with Crippen LogP contribution in [0.2, 0.25) is 0 Å². The van der Waals surface area contributed by atoms with Gasteiger partial charge in [0.25, 0.3) is 0 Å². The summed E-state index contributed by atoms with van der Waals surface area (Å²) in [5, 5.41) is 5.34. The van der Waals surface area contributed by atoms with E-state index in [1.807, 2.05) is 29.2 Å². The number of amides is 3. The molecule has 1 aromatic rings. The predicted octanol–water partition coefficient (Wildman–Crippen LogP) is 1.87. The molecular formula is C21H31N3O5. The van der Waals surface area contributed by atoms with Crippen LogP contribution in [0.1, 0.15) is 39.2 Å². The van der Waals surface area contributed by atoms with Gasteiger partial charge in [0.1, 0.15) is 17.9 Å². The van der Waals surface area contributed by atoms with Crippen LogP contribution in [0.15, 0.2) is 24.3 Å². The molecule has 0 spiro atoms. The average molecular weight is 405 g/mol. The van der Waals surface area contributed by atoms with Crippen molar-refractivity contribution in [1.29, 1.82) is 0 Å². The molecule has 1 aliphatic heterocycles. The van der Waals surface area contributed by atoms with Crippen LogP contribution < -0.4 is 15.4 Å². The van der Waals surface area contributed by atoms with E-state index in [4.69, 9.17) is 9.47 Å². The molecule has 29 heavy (non-hydrogen) atoms. The fourth-order valence-corrected chi connectivity index (χ4v) is 3.05. The smallest absolute Gasteiger partial charge is 0.408 e.